The van der Waals surface area contributed by atoms with Crippen LogP contribution in [0.25, 0.3) is 0 Å². The van der Waals surface area contributed by atoms with Crippen LogP contribution in [-0.2, 0) is 58.9 Å². The first-order valence-corrected chi connectivity index (χ1v) is 29.3. The number of benzene rings is 4. The summed E-state index contributed by atoms with van der Waals surface area (Å²) in [7, 11) is 0. The molecule has 5 aromatic heterocycles. The molecular formula is C67H82N16O6. The third kappa shape index (κ3) is 23.1. The van der Waals surface area contributed by atoms with Crippen molar-refractivity contribution >= 4 is 28.7 Å². The van der Waals surface area contributed by atoms with E-state index in [-0.39, 0.29) is 28.7 Å². The zero-order valence-electron chi connectivity index (χ0n) is 50.0. The van der Waals surface area contributed by atoms with Gasteiger partial charge in [0.15, 0.2) is 0 Å². The van der Waals surface area contributed by atoms with Crippen molar-refractivity contribution in [1.82, 2.24) is 60.9 Å². The number of carbonyl (C=O) groups is 1. The maximum Gasteiger partial charge on any atom is 0.354 e. The molecule has 0 atom stereocenters. The van der Waals surface area contributed by atoms with Crippen LogP contribution in [0.3, 0.4) is 0 Å². The summed E-state index contributed by atoms with van der Waals surface area (Å²) in [4.78, 5) is 39.3. The lowest BCUT2D eigenvalue weighted by Gasteiger charge is -2.24. The second-order valence-electron chi connectivity index (χ2n) is 20.9. The Morgan fingerprint density at radius 3 is 1.20 bits per heavy atom. The van der Waals surface area contributed by atoms with Crippen molar-refractivity contribution in [2.75, 3.05) is 75.3 Å². The van der Waals surface area contributed by atoms with Crippen molar-refractivity contribution in [2.45, 2.75) is 58.9 Å². The van der Waals surface area contributed by atoms with Crippen LogP contribution >= 0.6 is 0 Å². The summed E-state index contributed by atoms with van der Waals surface area (Å²) in [5, 5.41) is 61.5. The summed E-state index contributed by atoms with van der Waals surface area (Å²) in [6.45, 7) is 13.2. The van der Waals surface area contributed by atoms with E-state index in [0.717, 1.165) is 104 Å². The fraction of sp³-hybridized carbons (Fsp3) is 0.254. The molecule has 1 aliphatic rings. The number of nitrogens with zero attached hydrogens (tertiary/aromatic N) is 8. The molecule has 466 valence electrons. The van der Waals surface area contributed by atoms with Crippen LogP contribution in [0.1, 0.15) is 61.2 Å². The third-order valence-corrected chi connectivity index (χ3v) is 14.1. The molecule has 0 saturated carbocycles. The van der Waals surface area contributed by atoms with E-state index in [2.05, 4.69) is 56.0 Å². The topological polar surface area (TPSA) is 345 Å². The Hall–Kier alpha value is -9.78. The van der Waals surface area contributed by atoms with Gasteiger partial charge < -0.3 is 69.7 Å². The van der Waals surface area contributed by atoms with Gasteiger partial charge in [-0.05, 0) is 107 Å². The highest BCUT2D eigenvalue weighted by molar-refractivity contribution is 5.85. The minimum atomic E-state index is -1.06. The van der Waals surface area contributed by atoms with Gasteiger partial charge in [-0.1, -0.05) is 78.9 Å². The molecule has 1 saturated heterocycles. The van der Waals surface area contributed by atoms with Gasteiger partial charge in [-0.25, -0.2) is 9.78 Å². The number of nitrogens with two attached hydrogens (primary N) is 4. The maximum atomic E-state index is 11.2. The monoisotopic (exact) mass is 1210 g/mol. The van der Waals surface area contributed by atoms with E-state index in [4.69, 9.17) is 28.0 Å². The number of hydrogen-bond donors (Lipinski definition) is 13. The molecule has 17 N–H and O–H groups in total. The summed E-state index contributed by atoms with van der Waals surface area (Å²) >= 11 is 0. The Morgan fingerprint density at radius 1 is 0.416 bits per heavy atom. The first-order chi connectivity index (χ1) is 43.3. The fourth-order valence-electron chi connectivity index (χ4n) is 9.40. The summed E-state index contributed by atoms with van der Waals surface area (Å²) in [5.74, 6) is -0.615. The summed E-state index contributed by atoms with van der Waals surface area (Å²) < 4.78 is 0. The number of aromatic carboxylic acids is 1. The number of nitrogens with one attached hydrogen (secondary N) is 4. The van der Waals surface area contributed by atoms with E-state index in [0.29, 0.717) is 80.8 Å². The standard InChI is InChI=1S/C20H20N4O3.C19H20N4O.C15H27N5O.C13H15N3O/c21-19-14(5-3-9-18(19)25)11-24(12-15-6-1-2-10-22-15)13-16-7-4-8-17(23-16)20(26)27;20-19-15(6-5-9-18(19)24)12-23(13-16-7-1-3-10-21-16)14-17-8-2-4-11-22-17;16-15-13(2-1-3-14(15)21)12-20-10-8-18-6-4-17-5-7-19-9-11-20;14-13-10(4-3-6-12(13)17)8-15-9-11-5-1-2-7-16-11/h1-10,25H,11-13,21H2,(H,26,27);1-11,24H,12-14,20H2;1-3,17-19,21H,4-12,16H2;1-7,15,17H,8-9,14H2. The van der Waals surface area contributed by atoms with Gasteiger partial charge in [-0.3, -0.25) is 34.6 Å². The van der Waals surface area contributed by atoms with E-state index in [1.54, 1.807) is 79.4 Å². The lowest BCUT2D eigenvalue weighted by Crippen LogP contribution is -2.41. The van der Waals surface area contributed by atoms with Crippen molar-refractivity contribution in [2.24, 2.45) is 0 Å². The van der Waals surface area contributed by atoms with Gasteiger partial charge in [0, 0.05) is 136 Å². The Labute approximate surface area is 520 Å². The van der Waals surface area contributed by atoms with E-state index in [1.807, 2.05) is 108 Å². The zero-order valence-corrected chi connectivity index (χ0v) is 50.0. The fourth-order valence-corrected chi connectivity index (χ4v) is 9.40. The summed E-state index contributed by atoms with van der Waals surface area (Å²) in [5.41, 5.74) is 33.4. The number of phenols is 4. The van der Waals surface area contributed by atoms with Crippen LogP contribution in [-0.4, -0.2) is 123 Å². The normalized spacial score (nSPS) is 12.8. The van der Waals surface area contributed by atoms with Gasteiger partial charge in [-0.2, -0.15) is 0 Å². The van der Waals surface area contributed by atoms with E-state index >= 15 is 0 Å². The molecular weight excluding hydrogens is 1120 g/mol. The minimum absolute atomic E-state index is 0.00200. The molecule has 0 aliphatic carbocycles. The molecule has 1 fully saturated rings. The Morgan fingerprint density at radius 2 is 0.775 bits per heavy atom. The second-order valence-corrected chi connectivity index (χ2v) is 20.9. The van der Waals surface area contributed by atoms with Crippen molar-refractivity contribution in [1.29, 1.82) is 0 Å². The van der Waals surface area contributed by atoms with Gasteiger partial charge in [0.1, 0.15) is 28.7 Å². The van der Waals surface area contributed by atoms with Crippen LogP contribution < -0.4 is 44.2 Å². The molecule has 9 aromatic rings. The molecule has 0 amide bonds. The predicted molar refractivity (Wildman–Crippen MR) is 349 cm³/mol. The van der Waals surface area contributed by atoms with E-state index in [1.165, 1.54) is 6.07 Å². The summed E-state index contributed by atoms with van der Waals surface area (Å²) in [6.07, 6.45) is 7.06. The predicted octanol–water partition coefficient (Wildman–Crippen LogP) is 6.85. The smallest absolute Gasteiger partial charge is 0.354 e. The van der Waals surface area contributed by atoms with Crippen LogP contribution in [0.2, 0.25) is 0 Å². The molecule has 0 radical (unpaired) electrons. The lowest BCUT2D eigenvalue weighted by atomic mass is 10.1. The number of pyridine rings is 5. The van der Waals surface area contributed by atoms with Gasteiger partial charge in [0.05, 0.1) is 51.2 Å². The lowest BCUT2D eigenvalue weighted by molar-refractivity contribution is 0.0689. The number of aromatic hydroxyl groups is 4. The molecule has 6 heterocycles. The number of rotatable bonds is 19. The highest BCUT2D eigenvalue weighted by Crippen LogP contribution is 2.28. The molecule has 0 spiro atoms. The van der Waals surface area contributed by atoms with E-state index < -0.39 is 5.97 Å². The zero-order chi connectivity index (χ0) is 63.0. The van der Waals surface area contributed by atoms with E-state index in [9.17, 15) is 25.2 Å². The van der Waals surface area contributed by atoms with Gasteiger partial charge in [0.2, 0.25) is 0 Å². The highest BCUT2D eigenvalue weighted by Gasteiger charge is 2.17. The van der Waals surface area contributed by atoms with Crippen molar-refractivity contribution < 1.29 is 30.3 Å². The van der Waals surface area contributed by atoms with Gasteiger partial charge in [-0.15, -0.1) is 0 Å². The first-order valence-electron chi connectivity index (χ1n) is 29.3. The molecule has 10 rings (SSSR count). The number of para-hydroxylation sites is 4. The molecule has 4 aromatic carbocycles. The van der Waals surface area contributed by atoms with Crippen molar-refractivity contribution in [3.8, 4) is 23.0 Å². The number of phenolic OH excluding ortho intramolecular Hbond substituents is 4. The Balaban J connectivity index is 0.000000171. The Bertz CT molecular complexity index is 3470. The maximum absolute atomic E-state index is 11.2. The van der Waals surface area contributed by atoms with Crippen LogP contribution in [0.5, 0.6) is 23.0 Å². The first kappa shape index (κ1) is 66.7. The largest absolute Gasteiger partial charge is 0.506 e. The Kier molecular flexibility index (Phi) is 27.3. The van der Waals surface area contributed by atoms with Gasteiger partial charge in [0.25, 0.3) is 0 Å². The molecule has 0 unspecified atom stereocenters. The van der Waals surface area contributed by atoms with Gasteiger partial charge >= 0.3 is 5.97 Å². The van der Waals surface area contributed by atoms with Crippen molar-refractivity contribution in [3.05, 3.63) is 245 Å². The number of anilines is 4. The average molecular weight is 1210 g/mol. The molecule has 1 aliphatic heterocycles. The third-order valence-electron chi connectivity index (χ3n) is 14.1. The number of nitrogen functional groups attached to an aromatic ring is 4. The summed E-state index contributed by atoms with van der Waals surface area (Å²) in [6, 6.07) is 49.3. The highest BCUT2D eigenvalue weighted by atomic mass is 16.4. The number of aromatic nitrogens is 5. The van der Waals surface area contributed by atoms with Crippen LogP contribution in [0, 0.1) is 0 Å². The molecule has 0 bridgehead atoms. The molecule has 22 nitrogen and oxygen atoms in total. The van der Waals surface area contributed by atoms with Crippen molar-refractivity contribution in [3.63, 3.8) is 0 Å². The SMILES string of the molecule is Nc1c(O)cccc1CN(Cc1ccccn1)Cc1cccc(C(=O)O)n1.Nc1c(O)cccc1CN(Cc1ccccn1)Cc1ccccn1.Nc1c(O)cccc1CN1CCNCCNCCNCC1.Nc1c(O)cccc1CNCc1ccccn1. The molecule has 22 heteroatoms. The quantitative estimate of drug-likeness (QED) is 0.0291. The van der Waals surface area contributed by atoms with Crippen LogP contribution in [0.15, 0.2) is 189 Å². The number of carboxylic acid groups (broad SMARTS) is 1. The average Bonchev–Trinajstić information content (AvgIpc) is 3.74. The number of hydrogen-bond acceptors (Lipinski definition) is 21. The second kappa shape index (κ2) is 36.4. The number of carboxylic acids is 1. The minimum Gasteiger partial charge on any atom is -0.506 e. The molecule has 89 heavy (non-hydrogen) atoms. The van der Waals surface area contributed by atoms with Crippen LogP contribution in [0.4, 0.5) is 22.7 Å².